The maximum absolute atomic E-state index is 11.3. The van der Waals surface area contributed by atoms with E-state index in [2.05, 4.69) is 11.8 Å². The number of nitrogens with zero attached hydrogens (tertiary/aromatic N) is 1. The summed E-state index contributed by atoms with van der Waals surface area (Å²) in [5.41, 5.74) is 8.04. The molecule has 0 amide bonds. The summed E-state index contributed by atoms with van der Waals surface area (Å²) in [6, 6.07) is 5.57. The summed E-state index contributed by atoms with van der Waals surface area (Å²) in [6.45, 7) is 8.71. The third kappa shape index (κ3) is 3.74. The zero-order valence-corrected chi connectivity index (χ0v) is 11.4. The van der Waals surface area contributed by atoms with E-state index < -0.39 is 0 Å². The SMILES string of the molecule is CCOCCN(CC)c1ccc(C(C)=O)c(N)c1. The molecular weight excluding hydrogens is 228 g/mol. The number of carbonyl (C=O) groups is 1. The second-order valence-corrected chi connectivity index (χ2v) is 4.10. The van der Waals surface area contributed by atoms with Gasteiger partial charge in [-0.3, -0.25) is 4.79 Å². The van der Waals surface area contributed by atoms with Crippen molar-refractivity contribution in [3.63, 3.8) is 0 Å². The molecule has 0 fully saturated rings. The van der Waals surface area contributed by atoms with Crippen LogP contribution >= 0.6 is 0 Å². The number of benzene rings is 1. The number of nitrogens with two attached hydrogens (primary N) is 1. The predicted molar refractivity (Wildman–Crippen MR) is 75.2 cm³/mol. The molecule has 4 nitrogen and oxygen atoms in total. The van der Waals surface area contributed by atoms with Crippen molar-refractivity contribution in [2.45, 2.75) is 20.8 Å². The maximum atomic E-state index is 11.3. The second kappa shape index (κ2) is 7.01. The first kappa shape index (κ1) is 14.5. The molecule has 0 unspecified atom stereocenters. The van der Waals surface area contributed by atoms with Crippen LogP contribution in [-0.4, -0.2) is 32.1 Å². The maximum Gasteiger partial charge on any atom is 0.161 e. The van der Waals surface area contributed by atoms with E-state index in [4.69, 9.17) is 10.5 Å². The van der Waals surface area contributed by atoms with E-state index in [1.165, 1.54) is 6.92 Å². The zero-order valence-electron chi connectivity index (χ0n) is 11.4. The lowest BCUT2D eigenvalue weighted by atomic mass is 10.1. The zero-order chi connectivity index (χ0) is 13.5. The highest BCUT2D eigenvalue weighted by molar-refractivity contribution is 5.99. The van der Waals surface area contributed by atoms with Gasteiger partial charge in [0.25, 0.3) is 0 Å². The Balaban J connectivity index is 2.80. The van der Waals surface area contributed by atoms with Crippen molar-refractivity contribution in [2.24, 2.45) is 0 Å². The Morgan fingerprint density at radius 2 is 2.11 bits per heavy atom. The second-order valence-electron chi connectivity index (χ2n) is 4.10. The number of hydrogen-bond acceptors (Lipinski definition) is 4. The molecule has 1 rings (SSSR count). The number of ether oxygens (including phenoxy) is 1. The molecule has 0 aliphatic carbocycles. The molecule has 0 radical (unpaired) electrons. The van der Waals surface area contributed by atoms with Gasteiger partial charge in [-0.1, -0.05) is 0 Å². The molecule has 1 aromatic carbocycles. The summed E-state index contributed by atoms with van der Waals surface area (Å²) in [5.74, 6) is -0.00332. The van der Waals surface area contributed by atoms with Gasteiger partial charge in [-0.15, -0.1) is 0 Å². The van der Waals surface area contributed by atoms with E-state index in [9.17, 15) is 4.79 Å². The molecule has 4 heteroatoms. The van der Waals surface area contributed by atoms with Gasteiger partial charge in [-0.2, -0.15) is 0 Å². The minimum atomic E-state index is -0.00332. The van der Waals surface area contributed by atoms with Gasteiger partial charge in [0, 0.05) is 36.6 Å². The monoisotopic (exact) mass is 250 g/mol. The van der Waals surface area contributed by atoms with Crippen molar-refractivity contribution in [1.29, 1.82) is 0 Å². The van der Waals surface area contributed by atoms with Crippen molar-refractivity contribution in [3.8, 4) is 0 Å². The lowest BCUT2D eigenvalue weighted by molar-refractivity contribution is 0.101. The summed E-state index contributed by atoms with van der Waals surface area (Å²) in [6.07, 6.45) is 0. The number of anilines is 2. The molecular formula is C14H22N2O2. The number of carbonyl (C=O) groups excluding carboxylic acids is 1. The number of rotatable bonds is 7. The predicted octanol–water partition coefficient (Wildman–Crippen LogP) is 2.33. The summed E-state index contributed by atoms with van der Waals surface area (Å²) >= 11 is 0. The van der Waals surface area contributed by atoms with Crippen molar-refractivity contribution in [3.05, 3.63) is 23.8 Å². The third-order valence-electron chi connectivity index (χ3n) is 2.87. The van der Waals surface area contributed by atoms with Gasteiger partial charge in [-0.05, 0) is 39.0 Å². The van der Waals surface area contributed by atoms with Crippen LogP contribution in [0.1, 0.15) is 31.1 Å². The van der Waals surface area contributed by atoms with Crippen molar-refractivity contribution < 1.29 is 9.53 Å². The molecule has 0 spiro atoms. The lowest BCUT2D eigenvalue weighted by Crippen LogP contribution is -2.27. The van der Waals surface area contributed by atoms with Crippen LogP contribution in [0.4, 0.5) is 11.4 Å². The van der Waals surface area contributed by atoms with Crippen LogP contribution in [0, 0.1) is 0 Å². The largest absolute Gasteiger partial charge is 0.398 e. The first-order chi connectivity index (χ1) is 8.60. The fourth-order valence-corrected chi connectivity index (χ4v) is 1.86. The molecule has 0 saturated heterocycles. The van der Waals surface area contributed by atoms with Crippen LogP contribution in [0.5, 0.6) is 0 Å². The fraction of sp³-hybridized carbons (Fsp3) is 0.500. The normalized spacial score (nSPS) is 10.4. The first-order valence-corrected chi connectivity index (χ1v) is 6.33. The Morgan fingerprint density at radius 3 is 2.61 bits per heavy atom. The molecule has 0 aliphatic rings. The molecule has 18 heavy (non-hydrogen) atoms. The van der Waals surface area contributed by atoms with Gasteiger partial charge in [0.15, 0.2) is 5.78 Å². The highest BCUT2D eigenvalue weighted by atomic mass is 16.5. The Kier molecular flexibility index (Phi) is 5.65. The Bertz CT molecular complexity index is 405. The Hall–Kier alpha value is -1.55. The van der Waals surface area contributed by atoms with Crippen LogP contribution in [0.25, 0.3) is 0 Å². The number of hydrogen-bond donors (Lipinski definition) is 1. The number of nitrogen functional groups attached to an aromatic ring is 1. The molecule has 100 valence electrons. The van der Waals surface area contributed by atoms with E-state index in [0.29, 0.717) is 17.9 Å². The van der Waals surface area contributed by atoms with E-state index in [1.54, 1.807) is 6.07 Å². The van der Waals surface area contributed by atoms with Crippen LogP contribution in [0.15, 0.2) is 18.2 Å². The molecule has 2 N–H and O–H groups in total. The molecule has 1 aromatic rings. The van der Waals surface area contributed by atoms with E-state index >= 15 is 0 Å². The van der Waals surface area contributed by atoms with Gasteiger partial charge in [0.05, 0.1) is 6.61 Å². The molecule has 0 aliphatic heterocycles. The minimum Gasteiger partial charge on any atom is -0.398 e. The van der Waals surface area contributed by atoms with Crippen LogP contribution in [-0.2, 0) is 4.74 Å². The van der Waals surface area contributed by atoms with Gasteiger partial charge in [0.2, 0.25) is 0 Å². The van der Waals surface area contributed by atoms with Gasteiger partial charge >= 0.3 is 0 Å². The van der Waals surface area contributed by atoms with Gasteiger partial charge in [0.1, 0.15) is 0 Å². The first-order valence-electron chi connectivity index (χ1n) is 6.33. The summed E-state index contributed by atoms with van der Waals surface area (Å²) in [7, 11) is 0. The van der Waals surface area contributed by atoms with Crippen LogP contribution < -0.4 is 10.6 Å². The van der Waals surface area contributed by atoms with Crippen molar-refractivity contribution in [2.75, 3.05) is 36.9 Å². The average Bonchev–Trinajstić information content (AvgIpc) is 2.34. The smallest absolute Gasteiger partial charge is 0.161 e. The topological polar surface area (TPSA) is 55.6 Å². The Morgan fingerprint density at radius 1 is 1.39 bits per heavy atom. The Labute approximate surface area is 109 Å². The standard InChI is InChI=1S/C14H22N2O2/c1-4-16(8-9-18-5-2)12-6-7-13(11(3)17)14(15)10-12/h6-7,10H,4-5,8-9,15H2,1-3H3. The molecule has 0 aromatic heterocycles. The van der Waals surface area contributed by atoms with Gasteiger partial charge in [-0.25, -0.2) is 0 Å². The van der Waals surface area contributed by atoms with E-state index in [1.807, 2.05) is 19.1 Å². The summed E-state index contributed by atoms with van der Waals surface area (Å²) in [5, 5.41) is 0. The highest BCUT2D eigenvalue weighted by Crippen LogP contribution is 2.21. The number of ketones is 1. The van der Waals surface area contributed by atoms with Crippen LogP contribution in [0.2, 0.25) is 0 Å². The molecule has 0 saturated carbocycles. The third-order valence-corrected chi connectivity index (χ3v) is 2.87. The molecule has 0 atom stereocenters. The highest BCUT2D eigenvalue weighted by Gasteiger charge is 2.09. The van der Waals surface area contributed by atoms with Crippen molar-refractivity contribution in [1.82, 2.24) is 0 Å². The van der Waals surface area contributed by atoms with E-state index in [0.717, 1.165) is 25.4 Å². The number of Topliss-reactive ketones (excluding diaryl/α,β-unsaturated/α-hetero) is 1. The summed E-state index contributed by atoms with van der Waals surface area (Å²) in [4.78, 5) is 13.5. The quantitative estimate of drug-likeness (QED) is 0.458. The van der Waals surface area contributed by atoms with Crippen LogP contribution in [0.3, 0.4) is 0 Å². The number of likely N-dealkylation sites (N-methyl/N-ethyl adjacent to an activating group) is 1. The van der Waals surface area contributed by atoms with E-state index in [-0.39, 0.29) is 5.78 Å². The van der Waals surface area contributed by atoms with Gasteiger partial charge < -0.3 is 15.4 Å². The molecule has 0 heterocycles. The molecule has 0 bridgehead atoms. The van der Waals surface area contributed by atoms with Crippen molar-refractivity contribution >= 4 is 17.2 Å². The summed E-state index contributed by atoms with van der Waals surface area (Å²) < 4.78 is 5.35. The lowest BCUT2D eigenvalue weighted by Gasteiger charge is -2.23. The fourth-order valence-electron chi connectivity index (χ4n) is 1.86. The minimum absolute atomic E-state index is 0.00332. The average molecular weight is 250 g/mol.